The van der Waals surface area contributed by atoms with Gasteiger partial charge in [-0.25, -0.2) is 14.6 Å². The van der Waals surface area contributed by atoms with Gasteiger partial charge in [-0.2, -0.15) is 0 Å². The van der Waals surface area contributed by atoms with Crippen molar-refractivity contribution in [2.75, 3.05) is 12.3 Å². The van der Waals surface area contributed by atoms with Gasteiger partial charge in [-0.05, 0) is 50.4 Å². The van der Waals surface area contributed by atoms with Gasteiger partial charge >= 0.3 is 19.2 Å². The molecule has 0 unspecified atom stereocenters. The summed E-state index contributed by atoms with van der Waals surface area (Å²) in [5.74, 6) is -1.27. The summed E-state index contributed by atoms with van der Waals surface area (Å²) in [4.78, 5) is 27.7. The van der Waals surface area contributed by atoms with E-state index in [1.165, 1.54) is 12.3 Å². The molecule has 0 radical (unpaired) electrons. The van der Waals surface area contributed by atoms with E-state index >= 15 is 0 Å². The van der Waals surface area contributed by atoms with Gasteiger partial charge in [-0.1, -0.05) is 36.4 Å². The summed E-state index contributed by atoms with van der Waals surface area (Å²) < 4.78 is 17.5. The zero-order chi connectivity index (χ0) is 24.2. The first-order chi connectivity index (χ1) is 15.5. The number of pyridine rings is 1. The van der Waals surface area contributed by atoms with Crippen molar-refractivity contribution < 1.29 is 28.7 Å². The number of nitrogen functional groups attached to an aromatic ring is 1. The Balaban J connectivity index is 1.79. The van der Waals surface area contributed by atoms with Crippen molar-refractivity contribution in [3.8, 4) is 0 Å². The van der Waals surface area contributed by atoms with Gasteiger partial charge in [0.15, 0.2) is 0 Å². The molecule has 1 aliphatic heterocycles. The quantitative estimate of drug-likeness (QED) is 0.544. The number of amides is 1. The second-order valence-electron chi connectivity index (χ2n) is 8.73. The topological polar surface area (TPSA) is 133 Å². The van der Waals surface area contributed by atoms with E-state index in [0.717, 1.165) is 5.56 Å². The molecule has 1 aromatic carbocycles. The van der Waals surface area contributed by atoms with E-state index in [1.807, 2.05) is 58.0 Å². The van der Waals surface area contributed by atoms with Crippen LogP contribution in [-0.2, 0) is 20.7 Å². The van der Waals surface area contributed by atoms with E-state index in [0.29, 0.717) is 11.0 Å². The summed E-state index contributed by atoms with van der Waals surface area (Å²) in [6.07, 6.45) is 2.50. The van der Waals surface area contributed by atoms with Gasteiger partial charge in [-0.3, -0.25) is 0 Å². The number of anilines is 1. The number of hydrogen-bond acceptors (Lipinski definition) is 7. The molecule has 1 fully saturated rings. The Morgan fingerprint density at radius 3 is 2.42 bits per heavy atom. The highest BCUT2D eigenvalue weighted by atomic mass is 16.7. The lowest BCUT2D eigenvalue weighted by molar-refractivity contribution is 0.00578. The predicted octanol–water partition coefficient (Wildman–Crippen LogP) is 3.30. The van der Waals surface area contributed by atoms with Crippen LogP contribution in [0.5, 0.6) is 0 Å². The molecule has 4 N–H and O–H groups in total. The SMILES string of the molecule is CC1(C)OB(C(=Cc2cnc(N)c(C(=O)O)c2)CNC(=O)OCc2ccccc2)OC1(C)C. The molecule has 0 aliphatic carbocycles. The Bertz CT molecular complexity index is 1040. The molecule has 2 heterocycles. The minimum atomic E-state index is -1.19. The van der Waals surface area contributed by atoms with Gasteiger partial charge in [0.25, 0.3) is 0 Å². The average Bonchev–Trinajstić information content (AvgIpc) is 2.98. The van der Waals surface area contributed by atoms with Crippen molar-refractivity contribution in [2.24, 2.45) is 0 Å². The van der Waals surface area contributed by atoms with Crippen molar-refractivity contribution in [2.45, 2.75) is 45.5 Å². The number of carboxylic acids is 1. The molecule has 2 aromatic rings. The van der Waals surface area contributed by atoms with Crippen LogP contribution in [0.4, 0.5) is 10.6 Å². The number of carbonyl (C=O) groups is 2. The minimum absolute atomic E-state index is 0.0528. The van der Waals surface area contributed by atoms with E-state index in [9.17, 15) is 14.7 Å². The Hall–Kier alpha value is -3.37. The lowest BCUT2D eigenvalue weighted by Gasteiger charge is -2.32. The molecular weight excluding hydrogens is 425 g/mol. The summed E-state index contributed by atoms with van der Waals surface area (Å²) in [7, 11) is -0.768. The van der Waals surface area contributed by atoms with Gasteiger partial charge < -0.3 is 30.2 Å². The molecule has 0 atom stereocenters. The Kier molecular flexibility index (Phi) is 7.09. The summed E-state index contributed by atoms with van der Waals surface area (Å²) in [5.41, 5.74) is 6.24. The van der Waals surface area contributed by atoms with Crippen LogP contribution in [0.15, 0.2) is 48.1 Å². The summed E-state index contributed by atoms with van der Waals surface area (Å²) in [6.45, 7) is 7.85. The van der Waals surface area contributed by atoms with Crippen LogP contribution in [-0.4, -0.2) is 47.0 Å². The number of nitrogens with zero attached hydrogens (tertiary/aromatic N) is 1. The first-order valence-corrected chi connectivity index (χ1v) is 10.5. The highest BCUT2D eigenvalue weighted by Crippen LogP contribution is 2.38. The van der Waals surface area contributed by atoms with Gasteiger partial charge in [0.05, 0.1) is 11.2 Å². The molecule has 1 aliphatic rings. The zero-order valence-corrected chi connectivity index (χ0v) is 19.1. The number of aromatic nitrogens is 1. The Morgan fingerprint density at radius 2 is 1.82 bits per heavy atom. The van der Waals surface area contributed by atoms with E-state index < -0.39 is 30.4 Å². The number of aromatic carboxylic acids is 1. The molecule has 1 saturated heterocycles. The maximum absolute atomic E-state index is 12.3. The lowest BCUT2D eigenvalue weighted by Crippen LogP contribution is -2.41. The Labute approximate surface area is 193 Å². The first kappa shape index (κ1) is 24.3. The summed E-state index contributed by atoms with van der Waals surface area (Å²) in [6, 6.07) is 10.7. The molecule has 9 nitrogen and oxygen atoms in total. The van der Waals surface area contributed by atoms with Gasteiger partial charge in [0.2, 0.25) is 0 Å². The van der Waals surface area contributed by atoms with Crippen molar-refractivity contribution in [3.05, 3.63) is 64.8 Å². The van der Waals surface area contributed by atoms with Crippen LogP contribution in [0.3, 0.4) is 0 Å². The summed E-state index contributed by atoms with van der Waals surface area (Å²) >= 11 is 0. The van der Waals surface area contributed by atoms with Crippen LogP contribution in [0.1, 0.15) is 49.2 Å². The number of nitrogens with one attached hydrogen (secondary N) is 1. The third kappa shape index (κ3) is 5.91. The fourth-order valence-electron chi connectivity index (χ4n) is 3.10. The molecule has 10 heteroatoms. The second-order valence-corrected chi connectivity index (χ2v) is 8.73. The molecule has 174 valence electrons. The van der Waals surface area contributed by atoms with Gasteiger partial charge in [-0.15, -0.1) is 0 Å². The molecule has 0 spiro atoms. The maximum atomic E-state index is 12.3. The molecule has 1 aromatic heterocycles. The van der Waals surface area contributed by atoms with E-state index in [-0.39, 0.29) is 24.5 Å². The molecule has 3 rings (SSSR count). The zero-order valence-electron chi connectivity index (χ0n) is 19.1. The number of carboxylic acid groups (broad SMARTS) is 1. The molecule has 0 saturated carbocycles. The number of hydrogen-bond donors (Lipinski definition) is 3. The van der Waals surface area contributed by atoms with Crippen LogP contribution in [0.2, 0.25) is 0 Å². The average molecular weight is 453 g/mol. The fraction of sp³-hybridized carbons (Fsp3) is 0.348. The van der Waals surface area contributed by atoms with E-state index in [4.69, 9.17) is 19.8 Å². The van der Waals surface area contributed by atoms with Crippen LogP contribution >= 0.6 is 0 Å². The fourth-order valence-corrected chi connectivity index (χ4v) is 3.10. The highest BCUT2D eigenvalue weighted by Gasteiger charge is 2.52. The maximum Gasteiger partial charge on any atom is 0.492 e. The normalized spacial score (nSPS) is 17.0. The van der Waals surface area contributed by atoms with Crippen molar-refractivity contribution in [1.29, 1.82) is 0 Å². The molecule has 0 bridgehead atoms. The molecule has 1 amide bonds. The summed E-state index contributed by atoms with van der Waals surface area (Å²) in [5, 5.41) is 12.0. The van der Waals surface area contributed by atoms with Crippen molar-refractivity contribution in [3.63, 3.8) is 0 Å². The lowest BCUT2D eigenvalue weighted by atomic mass is 9.77. The minimum Gasteiger partial charge on any atom is -0.478 e. The number of nitrogens with two attached hydrogens (primary N) is 1. The number of ether oxygens (including phenoxy) is 1. The van der Waals surface area contributed by atoms with Crippen LogP contribution in [0.25, 0.3) is 6.08 Å². The van der Waals surface area contributed by atoms with E-state index in [2.05, 4.69) is 10.3 Å². The molecular formula is C23H28BN3O6. The monoisotopic (exact) mass is 453 g/mol. The number of carbonyl (C=O) groups excluding carboxylic acids is 1. The van der Waals surface area contributed by atoms with Crippen molar-refractivity contribution >= 4 is 31.1 Å². The number of alkyl carbamates (subject to hydrolysis) is 1. The third-order valence-corrected chi connectivity index (χ3v) is 5.73. The van der Waals surface area contributed by atoms with Gasteiger partial charge in [0.1, 0.15) is 18.0 Å². The number of rotatable bonds is 7. The van der Waals surface area contributed by atoms with Crippen molar-refractivity contribution in [1.82, 2.24) is 10.3 Å². The van der Waals surface area contributed by atoms with Crippen LogP contribution in [0, 0.1) is 0 Å². The molecule has 33 heavy (non-hydrogen) atoms. The second kappa shape index (κ2) is 9.64. The first-order valence-electron chi connectivity index (χ1n) is 10.5. The van der Waals surface area contributed by atoms with E-state index in [1.54, 1.807) is 6.08 Å². The third-order valence-electron chi connectivity index (χ3n) is 5.73. The Morgan fingerprint density at radius 1 is 1.18 bits per heavy atom. The van der Waals surface area contributed by atoms with Crippen LogP contribution < -0.4 is 11.1 Å². The standard InChI is InChI=1S/C23H28BN3O6/c1-22(2)23(3,4)33-24(32-22)17(10-16-11-18(20(28)29)19(25)26-12-16)13-27-21(30)31-14-15-8-6-5-7-9-15/h5-12H,13-14H2,1-4H3,(H2,25,26)(H,27,30)(H,28,29). The number of benzene rings is 1. The smallest absolute Gasteiger partial charge is 0.478 e. The van der Waals surface area contributed by atoms with Gasteiger partial charge in [0, 0.05) is 12.7 Å². The predicted molar refractivity (Wildman–Crippen MR) is 124 cm³/mol. The largest absolute Gasteiger partial charge is 0.492 e. The highest BCUT2D eigenvalue weighted by molar-refractivity contribution is 6.56.